The molecular weight excluding hydrogens is 348 g/mol. The molecule has 26 heavy (non-hydrogen) atoms. The molecule has 0 aromatic heterocycles. The van der Waals surface area contributed by atoms with Crippen molar-refractivity contribution in [1.29, 1.82) is 0 Å². The summed E-state index contributed by atoms with van der Waals surface area (Å²) in [6, 6.07) is 10.6. The molecule has 2 fully saturated rings. The summed E-state index contributed by atoms with van der Waals surface area (Å²) in [5.41, 5.74) is 1.25. The van der Waals surface area contributed by atoms with E-state index in [9.17, 15) is 13.2 Å². The molecule has 2 aliphatic heterocycles. The fourth-order valence-electron chi connectivity index (χ4n) is 4.10. The Hall–Kier alpha value is -1.40. The summed E-state index contributed by atoms with van der Waals surface area (Å²) in [5.74, 6) is 0.718. The van der Waals surface area contributed by atoms with E-state index in [2.05, 4.69) is 34.5 Å². The molecule has 2 unspecified atom stereocenters. The molecule has 6 heteroatoms. The van der Waals surface area contributed by atoms with Crippen LogP contribution in [0.1, 0.15) is 50.1 Å². The minimum Gasteiger partial charge on any atom is -0.354 e. The van der Waals surface area contributed by atoms with Gasteiger partial charge in [0.1, 0.15) is 0 Å². The Morgan fingerprint density at radius 2 is 1.88 bits per heavy atom. The summed E-state index contributed by atoms with van der Waals surface area (Å²) in [6.07, 6.45) is 5.51. The first-order chi connectivity index (χ1) is 12.5. The summed E-state index contributed by atoms with van der Waals surface area (Å²) in [7, 11) is -2.86. The van der Waals surface area contributed by atoms with E-state index in [1.807, 2.05) is 6.07 Å². The van der Waals surface area contributed by atoms with E-state index in [4.69, 9.17) is 0 Å². The molecule has 5 nitrogen and oxygen atoms in total. The van der Waals surface area contributed by atoms with Gasteiger partial charge in [0, 0.05) is 13.0 Å². The van der Waals surface area contributed by atoms with Gasteiger partial charge in [0.25, 0.3) is 0 Å². The summed E-state index contributed by atoms with van der Waals surface area (Å²) < 4.78 is 23.1. The number of sulfone groups is 1. The number of likely N-dealkylation sites (tertiary alicyclic amines) is 1. The van der Waals surface area contributed by atoms with Crippen LogP contribution in [0.25, 0.3) is 0 Å². The first kappa shape index (κ1) is 19.4. The van der Waals surface area contributed by atoms with Gasteiger partial charge in [0.2, 0.25) is 5.91 Å². The van der Waals surface area contributed by atoms with Crippen LogP contribution < -0.4 is 5.32 Å². The highest BCUT2D eigenvalue weighted by Crippen LogP contribution is 2.25. The van der Waals surface area contributed by atoms with E-state index in [1.165, 1.54) is 24.8 Å². The third-order valence-electron chi connectivity index (χ3n) is 5.61. The van der Waals surface area contributed by atoms with Crippen LogP contribution in [0.15, 0.2) is 30.3 Å². The van der Waals surface area contributed by atoms with E-state index >= 15 is 0 Å². The Balaban J connectivity index is 1.51. The summed E-state index contributed by atoms with van der Waals surface area (Å²) in [6.45, 7) is 2.77. The molecular formula is C20H30N2O3S. The van der Waals surface area contributed by atoms with Crippen molar-refractivity contribution >= 4 is 15.7 Å². The monoisotopic (exact) mass is 378 g/mol. The van der Waals surface area contributed by atoms with Crippen molar-refractivity contribution in [3.05, 3.63) is 35.9 Å². The highest BCUT2D eigenvalue weighted by atomic mass is 32.2. The maximum atomic E-state index is 12.3. The zero-order valence-electron chi connectivity index (χ0n) is 15.4. The first-order valence-corrected chi connectivity index (χ1v) is 11.6. The van der Waals surface area contributed by atoms with Crippen LogP contribution in [0.3, 0.4) is 0 Å². The number of piperidine rings is 1. The first-order valence-electron chi connectivity index (χ1n) is 9.79. The highest BCUT2D eigenvalue weighted by molar-refractivity contribution is 7.91. The average molecular weight is 379 g/mol. The topological polar surface area (TPSA) is 66.5 Å². The van der Waals surface area contributed by atoms with E-state index in [0.29, 0.717) is 25.8 Å². The Labute approximate surface area is 157 Å². The lowest BCUT2D eigenvalue weighted by Gasteiger charge is -2.35. The third kappa shape index (κ3) is 5.55. The minimum atomic E-state index is -2.86. The number of carbonyl (C=O) groups is 1. The quantitative estimate of drug-likeness (QED) is 0.792. The second kappa shape index (κ2) is 9.00. The zero-order chi connectivity index (χ0) is 18.4. The van der Waals surface area contributed by atoms with Crippen molar-refractivity contribution < 1.29 is 13.2 Å². The molecule has 2 heterocycles. The van der Waals surface area contributed by atoms with Gasteiger partial charge in [-0.15, -0.1) is 0 Å². The molecule has 2 saturated heterocycles. The zero-order valence-corrected chi connectivity index (χ0v) is 16.2. The number of carbonyl (C=O) groups excluding carboxylic acids is 1. The van der Waals surface area contributed by atoms with Gasteiger partial charge in [-0.25, -0.2) is 8.42 Å². The lowest BCUT2D eigenvalue weighted by molar-refractivity contribution is -0.121. The van der Waals surface area contributed by atoms with Gasteiger partial charge in [0.15, 0.2) is 9.84 Å². The average Bonchev–Trinajstić information content (AvgIpc) is 3.01. The molecule has 2 atom stereocenters. The molecule has 0 radical (unpaired) electrons. The van der Waals surface area contributed by atoms with Gasteiger partial charge < -0.3 is 5.32 Å². The van der Waals surface area contributed by atoms with Crippen molar-refractivity contribution in [2.24, 2.45) is 5.92 Å². The van der Waals surface area contributed by atoms with Crippen molar-refractivity contribution in [2.45, 2.75) is 44.6 Å². The number of nitrogens with zero attached hydrogens (tertiary/aromatic N) is 1. The highest BCUT2D eigenvalue weighted by Gasteiger charge is 2.28. The summed E-state index contributed by atoms with van der Waals surface area (Å²) in [4.78, 5) is 14.8. The fourth-order valence-corrected chi connectivity index (χ4v) is 6.01. The van der Waals surface area contributed by atoms with Crippen LogP contribution >= 0.6 is 0 Å². The van der Waals surface area contributed by atoms with Crippen LogP contribution in [0.5, 0.6) is 0 Å². The second-order valence-electron chi connectivity index (χ2n) is 7.63. The smallest absolute Gasteiger partial charge is 0.220 e. The van der Waals surface area contributed by atoms with Gasteiger partial charge >= 0.3 is 0 Å². The number of hydrogen-bond donors (Lipinski definition) is 1. The normalized spacial score (nSPS) is 24.2. The molecule has 1 N–H and O–H groups in total. The molecule has 2 aliphatic rings. The number of rotatable bonds is 7. The third-order valence-corrected chi connectivity index (χ3v) is 7.45. The van der Waals surface area contributed by atoms with E-state index in [1.54, 1.807) is 0 Å². The summed E-state index contributed by atoms with van der Waals surface area (Å²) >= 11 is 0. The maximum absolute atomic E-state index is 12.3. The van der Waals surface area contributed by atoms with Crippen LogP contribution in [-0.4, -0.2) is 50.4 Å². The fraction of sp³-hybridized carbons (Fsp3) is 0.650. The molecule has 1 aromatic rings. The molecule has 1 aromatic carbocycles. The van der Waals surface area contributed by atoms with Gasteiger partial charge in [0.05, 0.1) is 17.5 Å². The van der Waals surface area contributed by atoms with Crippen molar-refractivity contribution in [2.75, 3.05) is 31.1 Å². The molecule has 0 bridgehead atoms. The maximum Gasteiger partial charge on any atom is 0.220 e. The number of hydrogen-bond acceptors (Lipinski definition) is 4. The molecule has 144 valence electrons. The molecule has 0 aliphatic carbocycles. The van der Waals surface area contributed by atoms with Gasteiger partial charge in [-0.2, -0.15) is 0 Å². The minimum absolute atomic E-state index is 0.0345. The SMILES string of the molecule is O=C(CCC1CCS(=O)(=O)C1)NCC(c1ccccc1)N1CCCCC1. The number of nitrogens with one attached hydrogen (secondary N) is 1. The van der Waals surface area contributed by atoms with Crippen LogP contribution in [-0.2, 0) is 14.6 Å². The van der Waals surface area contributed by atoms with E-state index < -0.39 is 9.84 Å². The lowest BCUT2D eigenvalue weighted by atomic mass is 10.0. The Morgan fingerprint density at radius 3 is 2.54 bits per heavy atom. The predicted molar refractivity (Wildman–Crippen MR) is 104 cm³/mol. The lowest BCUT2D eigenvalue weighted by Crippen LogP contribution is -2.40. The van der Waals surface area contributed by atoms with E-state index in [0.717, 1.165) is 13.1 Å². The van der Waals surface area contributed by atoms with Crippen LogP contribution in [0, 0.1) is 5.92 Å². The second-order valence-corrected chi connectivity index (χ2v) is 9.86. The molecule has 0 saturated carbocycles. The van der Waals surface area contributed by atoms with Crippen LogP contribution in [0.4, 0.5) is 0 Å². The van der Waals surface area contributed by atoms with E-state index in [-0.39, 0.29) is 29.4 Å². The number of amides is 1. The standard InChI is InChI=1S/C20H30N2O3S/c23-20(10-9-17-11-14-26(24,25)16-17)21-15-19(18-7-3-1-4-8-18)22-12-5-2-6-13-22/h1,3-4,7-8,17,19H,2,5-6,9-16H2,(H,21,23). The molecule has 3 rings (SSSR count). The van der Waals surface area contributed by atoms with Crippen molar-refractivity contribution in [3.8, 4) is 0 Å². The largest absolute Gasteiger partial charge is 0.354 e. The van der Waals surface area contributed by atoms with Gasteiger partial charge in [-0.3, -0.25) is 9.69 Å². The molecule has 0 spiro atoms. The van der Waals surface area contributed by atoms with Crippen molar-refractivity contribution in [1.82, 2.24) is 10.2 Å². The summed E-state index contributed by atoms with van der Waals surface area (Å²) in [5, 5.41) is 3.09. The van der Waals surface area contributed by atoms with Gasteiger partial charge in [-0.1, -0.05) is 36.8 Å². The predicted octanol–water partition coefficient (Wildman–Crippen LogP) is 2.54. The number of benzene rings is 1. The van der Waals surface area contributed by atoms with Crippen molar-refractivity contribution in [3.63, 3.8) is 0 Å². The van der Waals surface area contributed by atoms with Crippen LogP contribution in [0.2, 0.25) is 0 Å². The molecule has 1 amide bonds. The Morgan fingerprint density at radius 1 is 1.15 bits per heavy atom. The Kier molecular flexibility index (Phi) is 6.70. The Bertz CT molecular complexity index is 684. The van der Waals surface area contributed by atoms with Gasteiger partial charge in [-0.05, 0) is 50.3 Å².